The summed E-state index contributed by atoms with van der Waals surface area (Å²) >= 11 is 7.50. The molecule has 0 saturated carbocycles. The molecular weight excluding hydrogens is 454 g/mol. The largest absolute Gasteiger partial charge is 0.507 e. The second-order valence-electron chi connectivity index (χ2n) is 4.06. The smallest absolute Gasteiger partial charge is 0.331 e. The number of benzene rings is 1. The molecule has 0 bridgehead atoms. The van der Waals surface area contributed by atoms with Gasteiger partial charge in [0.2, 0.25) is 0 Å². The van der Waals surface area contributed by atoms with Gasteiger partial charge in [-0.1, -0.05) is 15.9 Å². The minimum atomic E-state index is -0.623. The topological polar surface area (TPSA) is 100 Å². The first kappa shape index (κ1) is 17.7. The third kappa shape index (κ3) is 4.66. The van der Waals surface area contributed by atoms with Crippen molar-refractivity contribution in [2.24, 2.45) is 10.2 Å². The van der Waals surface area contributed by atoms with E-state index in [2.05, 4.69) is 52.1 Å². The number of amidine groups is 1. The predicted octanol–water partition coefficient (Wildman–Crippen LogP) is 2.53. The van der Waals surface area contributed by atoms with Crippen molar-refractivity contribution in [1.29, 1.82) is 0 Å². The molecule has 1 fully saturated rings. The number of hydrogen-bond donors (Lipinski definition) is 2. The van der Waals surface area contributed by atoms with Crippen molar-refractivity contribution in [2.75, 3.05) is 7.11 Å². The zero-order valence-corrected chi connectivity index (χ0v) is 15.5. The lowest BCUT2D eigenvalue weighted by Gasteiger charge is -2.01. The van der Waals surface area contributed by atoms with Crippen LogP contribution in [0, 0.1) is 0 Å². The zero-order valence-electron chi connectivity index (χ0n) is 11.5. The third-order valence-corrected chi connectivity index (χ3v) is 4.73. The van der Waals surface area contributed by atoms with Gasteiger partial charge in [0.05, 0.1) is 22.7 Å². The van der Waals surface area contributed by atoms with Crippen molar-refractivity contribution in [1.82, 2.24) is 5.32 Å². The van der Waals surface area contributed by atoms with E-state index in [9.17, 15) is 14.7 Å². The van der Waals surface area contributed by atoms with Gasteiger partial charge >= 0.3 is 5.97 Å². The molecule has 0 aliphatic carbocycles. The first-order valence-electron chi connectivity index (χ1n) is 5.98. The highest BCUT2D eigenvalue weighted by atomic mass is 79.9. The summed E-state index contributed by atoms with van der Waals surface area (Å²) in [5.74, 6) is -1.01. The Morgan fingerprint density at radius 1 is 1.39 bits per heavy atom. The number of nitrogens with one attached hydrogen (secondary N) is 1. The lowest BCUT2D eigenvalue weighted by molar-refractivity contribution is -0.135. The Balaban J connectivity index is 2.13. The van der Waals surface area contributed by atoms with E-state index in [1.165, 1.54) is 19.4 Å². The van der Waals surface area contributed by atoms with Crippen molar-refractivity contribution in [3.63, 3.8) is 0 Å². The number of thioether (sulfide) groups is 1. The van der Waals surface area contributed by atoms with Gasteiger partial charge < -0.3 is 9.84 Å². The van der Waals surface area contributed by atoms with E-state index >= 15 is 0 Å². The first-order valence-corrected chi connectivity index (χ1v) is 8.39. The van der Waals surface area contributed by atoms with Crippen LogP contribution in [0.25, 0.3) is 0 Å². The number of rotatable bonds is 3. The molecule has 0 radical (unpaired) electrons. The van der Waals surface area contributed by atoms with Crippen LogP contribution in [0.15, 0.2) is 42.3 Å². The Hall–Kier alpha value is -1.65. The van der Waals surface area contributed by atoms with Crippen LogP contribution in [0.1, 0.15) is 5.56 Å². The van der Waals surface area contributed by atoms with Gasteiger partial charge in [-0.25, -0.2) is 4.79 Å². The minimum Gasteiger partial charge on any atom is -0.507 e. The lowest BCUT2D eigenvalue weighted by Crippen LogP contribution is -2.19. The zero-order chi connectivity index (χ0) is 17.0. The van der Waals surface area contributed by atoms with Crippen molar-refractivity contribution >= 4 is 66.9 Å². The number of carbonyl (C=O) groups is 2. The number of aromatic hydroxyl groups is 1. The monoisotopic (exact) mass is 461 g/mol. The highest BCUT2D eigenvalue weighted by molar-refractivity contribution is 9.11. The number of phenols is 1. The summed E-state index contributed by atoms with van der Waals surface area (Å²) in [6.07, 6.45) is 2.49. The fourth-order valence-electron chi connectivity index (χ4n) is 1.44. The number of hydrogen-bond acceptors (Lipinski definition) is 7. The van der Waals surface area contributed by atoms with Crippen LogP contribution in [0.3, 0.4) is 0 Å². The van der Waals surface area contributed by atoms with Crippen LogP contribution < -0.4 is 5.32 Å². The van der Waals surface area contributed by atoms with E-state index in [1.54, 1.807) is 6.07 Å². The number of amides is 1. The van der Waals surface area contributed by atoms with E-state index in [0.717, 1.165) is 17.8 Å². The highest BCUT2D eigenvalue weighted by Crippen LogP contribution is 2.30. The Morgan fingerprint density at radius 2 is 2.13 bits per heavy atom. The maximum absolute atomic E-state index is 11.6. The Kier molecular flexibility index (Phi) is 5.97. The van der Waals surface area contributed by atoms with Gasteiger partial charge in [-0.3, -0.25) is 10.1 Å². The van der Waals surface area contributed by atoms with Crippen LogP contribution >= 0.6 is 43.6 Å². The maximum Gasteiger partial charge on any atom is 0.331 e. The molecule has 1 heterocycles. The molecule has 0 spiro atoms. The van der Waals surface area contributed by atoms with E-state index < -0.39 is 11.9 Å². The molecule has 120 valence electrons. The third-order valence-electron chi connectivity index (χ3n) is 2.51. The van der Waals surface area contributed by atoms with E-state index in [4.69, 9.17) is 0 Å². The number of methoxy groups -OCH3 is 1. The summed E-state index contributed by atoms with van der Waals surface area (Å²) in [5, 5.41) is 20.0. The Morgan fingerprint density at radius 3 is 2.83 bits per heavy atom. The van der Waals surface area contributed by atoms with Gasteiger partial charge in [-0.15, -0.1) is 5.10 Å². The molecule has 1 aromatic rings. The van der Waals surface area contributed by atoms with Crippen molar-refractivity contribution in [2.45, 2.75) is 0 Å². The second-order valence-corrected chi connectivity index (χ2v) is 6.80. The molecule has 1 saturated heterocycles. The molecule has 0 unspecified atom stereocenters. The highest BCUT2D eigenvalue weighted by Gasteiger charge is 2.24. The number of nitrogens with zero attached hydrogens (tertiary/aromatic N) is 2. The summed E-state index contributed by atoms with van der Waals surface area (Å²) in [4.78, 5) is 22.9. The maximum atomic E-state index is 11.6. The molecule has 23 heavy (non-hydrogen) atoms. The first-order chi connectivity index (χ1) is 10.9. The second kappa shape index (κ2) is 7.75. The van der Waals surface area contributed by atoms with Crippen LogP contribution in [0.2, 0.25) is 0 Å². The van der Waals surface area contributed by atoms with Crippen LogP contribution in [0.4, 0.5) is 0 Å². The SMILES string of the molecule is COC(=O)/C=C1/S/C(=N\N=Cc2cc(O)c(Br)cc2Br)NC1=O. The number of phenolic OH excluding ortho intramolecular Hbond substituents is 1. The summed E-state index contributed by atoms with van der Waals surface area (Å²) in [7, 11) is 1.22. The molecule has 0 atom stereocenters. The van der Waals surface area contributed by atoms with Crippen molar-refractivity contribution in [3.8, 4) is 5.75 Å². The van der Waals surface area contributed by atoms with E-state index in [1.807, 2.05) is 0 Å². The van der Waals surface area contributed by atoms with Gasteiger partial charge in [0.1, 0.15) is 5.75 Å². The molecule has 2 N–H and O–H groups in total. The van der Waals surface area contributed by atoms with Gasteiger partial charge in [-0.05, 0) is 39.8 Å². The number of carbonyl (C=O) groups excluding carboxylic acids is 2. The average Bonchev–Trinajstić information content (AvgIpc) is 2.84. The molecule has 1 aliphatic rings. The molecular formula is C13H9Br2N3O4S. The van der Waals surface area contributed by atoms with Crippen molar-refractivity contribution in [3.05, 3.63) is 37.6 Å². The fraction of sp³-hybridized carbons (Fsp3) is 0.0769. The van der Waals surface area contributed by atoms with Gasteiger partial charge in [0, 0.05) is 16.1 Å². The predicted molar refractivity (Wildman–Crippen MR) is 94.4 cm³/mol. The number of ether oxygens (including phenoxy) is 1. The molecule has 2 rings (SSSR count). The lowest BCUT2D eigenvalue weighted by atomic mass is 10.2. The molecule has 10 heteroatoms. The molecule has 1 aliphatic heterocycles. The summed E-state index contributed by atoms with van der Waals surface area (Å²) < 4.78 is 5.71. The summed E-state index contributed by atoms with van der Waals surface area (Å²) in [6, 6.07) is 3.17. The van der Waals surface area contributed by atoms with Gasteiger partial charge in [0.25, 0.3) is 5.91 Å². The summed E-state index contributed by atoms with van der Waals surface area (Å²) in [6.45, 7) is 0. The van der Waals surface area contributed by atoms with Crippen LogP contribution in [0.5, 0.6) is 5.75 Å². The number of halogens is 2. The number of esters is 1. The molecule has 0 aromatic heterocycles. The van der Waals surface area contributed by atoms with E-state index in [0.29, 0.717) is 14.5 Å². The average molecular weight is 463 g/mol. The molecule has 1 aromatic carbocycles. The fourth-order valence-corrected chi connectivity index (χ4v) is 3.27. The molecule has 1 amide bonds. The Labute approximate surface area is 152 Å². The quantitative estimate of drug-likeness (QED) is 0.311. The Bertz CT molecular complexity index is 762. The standard InChI is InChI=1S/C13H9Br2N3O4S/c1-22-11(20)4-10-12(21)17-13(23-10)18-16-5-6-2-9(19)8(15)3-7(6)14/h2-5,19H,1H3,(H,17,18,21)/b10-4+,16-5?. The minimum absolute atomic E-state index is 0.0640. The normalized spacial score (nSPS) is 18.0. The van der Waals surface area contributed by atoms with E-state index in [-0.39, 0.29) is 15.8 Å². The van der Waals surface area contributed by atoms with Crippen molar-refractivity contribution < 1.29 is 19.4 Å². The molecule has 7 nitrogen and oxygen atoms in total. The van der Waals surface area contributed by atoms with Gasteiger partial charge in [-0.2, -0.15) is 5.10 Å². The van der Waals surface area contributed by atoms with Crippen LogP contribution in [-0.2, 0) is 14.3 Å². The van der Waals surface area contributed by atoms with Crippen LogP contribution in [-0.4, -0.2) is 35.5 Å². The summed E-state index contributed by atoms with van der Waals surface area (Å²) in [5.41, 5.74) is 0.606. The van der Waals surface area contributed by atoms with Gasteiger partial charge in [0.15, 0.2) is 5.17 Å².